The predicted octanol–water partition coefficient (Wildman–Crippen LogP) is 4.46. The molecule has 5 rings (SSSR count). The molecule has 0 radical (unpaired) electrons. The first-order chi connectivity index (χ1) is 23.4. The maximum atomic E-state index is 13.9. The van der Waals surface area contributed by atoms with Crippen LogP contribution in [0.1, 0.15) is 47.6 Å². The minimum Gasteiger partial charge on any atom is -0.350 e. The molecule has 4 aromatic rings. The van der Waals surface area contributed by atoms with E-state index in [2.05, 4.69) is 21.3 Å². The molecule has 0 unspecified atom stereocenters. The van der Waals surface area contributed by atoms with E-state index in [0.29, 0.717) is 45.1 Å². The van der Waals surface area contributed by atoms with Crippen molar-refractivity contribution >= 4 is 23.6 Å². The highest BCUT2D eigenvalue weighted by Gasteiger charge is 2.31. The fraction of sp³-hybridized carbons (Fsp3) is 0.300. The Balaban J connectivity index is 1.25. The lowest BCUT2D eigenvalue weighted by atomic mass is 10.0. The summed E-state index contributed by atoms with van der Waals surface area (Å²) in [7, 11) is 0. The summed E-state index contributed by atoms with van der Waals surface area (Å²) < 4.78 is 0. The Kier molecular flexibility index (Phi) is 12.1. The summed E-state index contributed by atoms with van der Waals surface area (Å²) in [6.07, 6.45) is 3.09. The van der Waals surface area contributed by atoms with E-state index in [4.69, 9.17) is 0 Å². The third-order valence-corrected chi connectivity index (χ3v) is 8.88. The maximum Gasteiger partial charge on any atom is 0.243 e. The molecule has 0 aromatic heterocycles. The van der Waals surface area contributed by atoms with Gasteiger partial charge in [-0.15, -0.1) is 0 Å². The van der Waals surface area contributed by atoms with E-state index in [1.165, 1.54) is 0 Å². The normalized spacial score (nSPS) is 14.2. The van der Waals surface area contributed by atoms with Gasteiger partial charge in [0.15, 0.2) is 0 Å². The van der Waals surface area contributed by atoms with Gasteiger partial charge in [0.2, 0.25) is 23.6 Å². The number of rotatable bonds is 15. The van der Waals surface area contributed by atoms with Crippen LogP contribution in [0, 0.1) is 5.92 Å². The number of nitrogens with one attached hydrogen (secondary N) is 4. The van der Waals surface area contributed by atoms with Gasteiger partial charge in [-0.1, -0.05) is 115 Å². The molecule has 0 heterocycles. The molecule has 0 spiro atoms. The molecule has 248 valence electrons. The summed E-state index contributed by atoms with van der Waals surface area (Å²) in [6, 6.07) is 34.5. The summed E-state index contributed by atoms with van der Waals surface area (Å²) in [5, 5.41) is 11.6. The van der Waals surface area contributed by atoms with Gasteiger partial charge in [0.1, 0.15) is 18.1 Å². The van der Waals surface area contributed by atoms with E-state index in [9.17, 15) is 19.2 Å². The number of carbonyl (C=O) groups excluding carboxylic acids is 4. The van der Waals surface area contributed by atoms with Gasteiger partial charge in [-0.05, 0) is 73.3 Å². The third kappa shape index (κ3) is 9.88. The highest BCUT2D eigenvalue weighted by atomic mass is 16.2. The molecule has 4 amide bonds. The number of fused-ring (bicyclic) bond motifs is 1. The van der Waals surface area contributed by atoms with Crippen LogP contribution in [-0.2, 0) is 51.4 Å². The molecule has 4 N–H and O–H groups in total. The van der Waals surface area contributed by atoms with E-state index < -0.39 is 29.9 Å². The number of hydrogen-bond donors (Lipinski definition) is 4. The Morgan fingerprint density at radius 3 is 1.52 bits per heavy atom. The van der Waals surface area contributed by atoms with Crippen molar-refractivity contribution in [1.29, 1.82) is 0 Å². The smallest absolute Gasteiger partial charge is 0.243 e. The molecule has 0 saturated carbocycles. The zero-order valence-corrected chi connectivity index (χ0v) is 27.4. The third-order valence-electron chi connectivity index (χ3n) is 8.88. The zero-order valence-electron chi connectivity index (χ0n) is 27.4. The minimum absolute atomic E-state index is 0.185. The summed E-state index contributed by atoms with van der Waals surface area (Å²) >= 11 is 0. The second-order valence-corrected chi connectivity index (χ2v) is 12.5. The van der Waals surface area contributed by atoms with Crippen molar-refractivity contribution < 1.29 is 19.2 Å². The Labute approximate surface area is 282 Å². The van der Waals surface area contributed by atoms with E-state index in [1.54, 1.807) is 6.92 Å². The van der Waals surface area contributed by atoms with Crippen LogP contribution in [0.3, 0.4) is 0 Å². The first kappa shape index (κ1) is 34.1. The molecule has 1 aliphatic carbocycles. The van der Waals surface area contributed by atoms with Crippen molar-refractivity contribution in [2.45, 2.75) is 70.1 Å². The number of amides is 4. The van der Waals surface area contributed by atoms with Gasteiger partial charge in [-0.25, -0.2) is 0 Å². The lowest BCUT2D eigenvalue weighted by molar-refractivity contribution is -0.134. The first-order valence-electron chi connectivity index (χ1n) is 16.7. The van der Waals surface area contributed by atoms with Crippen molar-refractivity contribution in [2.24, 2.45) is 5.92 Å². The molecular weight excluding hydrogens is 600 g/mol. The quantitative estimate of drug-likeness (QED) is 0.153. The summed E-state index contributed by atoms with van der Waals surface area (Å²) in [5.41, 5.74) is 5.33. The van der Waals surface area contributed by atoms with Gasteiger partial charge in [0.25, 0.3) is 0 Å². The predicted molar refractivity (Wildman–Crippen MR) is 187 cm³/mol. The molecule has 3 atom stereocenters. The molecule has 8 nitrogen and oxygen atoms in total. The highest BCUT2D eigenvalue weighted by Crippen LogP contribution is 2.26. The summed E-state index contributed by atoms with van der Waals surface area (Å²) in [5.74, 6) is -1.63. The van der Waals surface area contributed by atoms with Gasteiger partial charge >= 0.3 is 0 Å². The summed E-state index contributed by atoms with van der Waals surface area (Å²) in [6.45, 7) is 1.95. The number of carbonyl (C=O) groups is 4. The van der Waals surface area contributed by atoms with E-state index >= 15 is 0 Å². The Hall–Kier alpha value is -5.24. The molecular formula is C40H44N4O4. The van der Waals surface area contributed by atoms with Crippen LogP contribution in [0.4, 0.5) is 0 Å². The second-order valence-electron chi connectivity index (χ2n) is 12.5. The van der Waals surface area contributed by atoms with Gasteiger partial charge in [0, 0.05) is 12.5 Å². The van der Waals surface area contributed by atoms with Crippen molar-refractivity contribution in [1.82, 2.24) is 21.3 Å². The van der Waals surface area contributed by atoms with E-state index in [0.717, 1.165) is 27.8 Å². The van der Waals surface area contributed by atoms with Crippen LogP contribution in [0.5, 0.6) is 0 Å². The van der Waals surface area contributed by atoms with Crippen molar-refractivity contribution in [3.05, 3.63) is 143 Å². The highest BCUT2D eigenvalue weighted by molar-refractivity contribution is 5.94. The summed E-state index contributed by atoms with van der Waals surface area (Å²) in [4.78, 5) is 53.9. The van der Waals surface area contributed by atoms with Gasteiger partial charge in [0.05, 0.1) is 0 Å². The van der Waals surface area contributed by atoms with E-state index in [1.807, 2.05) is 115 Å². The molecule has 0 saturated heterocycles. The topological polar surface area (TPSA) is 116 Å². The Morgan fingerprint density at radius 2 is 1.00 bits per heavy atom. The molecule has 8 heteroatoms. The van der Waals surface area contributed by atoms with Crippen LogP contribution in [-0.4, -0.2) is 41.8 Å². The number of benzene rings is 4. The van der Waals surface area contributed by atoms with Crippen LogP contribution in [0.15, 0.2) is 115 Å². The van der Waals surface area contributed by atoms with Crippen molar-refractivity contribution in [3.8, 4) is 0 Å². The lowest BCUT2D eigenvalue weighted by Gasteiger charge is -2.25. The molecule has 0 aliphatic heterocycles. The number of hydrogen-bond acceptors (Lipinski definition) is 4. The first-order valence-corrected chi connectivity index (χ1v) is 16.7. The number of aryl methyl sites for hydroxylation is 2. The Bertz CT molecular complexity index is 1640. The van der Waals surface area contributed by atoms with Gasteiger partial charge < -0.3 is 21.3 Å². The fourth-order valence-corrected chi connectivity index (χ4v) is 6.07. The second kappa shape index (κ2) is 17.1. The SMILES string of the molecule is C[C@H](NC(=O)C1Cc2ccccc2C1)C(=O)N[C@@H](CCc1ccccc1)C(=O)N[C@@H](CCc1ccccc1)C(=O)NCc1ccccc1. The van der Waals surface area contributed by atoms with Crippen LogP contribution < -0.4 is 21.3 Å². The zero-order chi connectivity index (χ0) is 33.7. The Morgan fingerprint density at radius 1 is 0.562 bits per heavy atom. The van der Waals surface area contributed by atoms with Gasteiger partial charge in [-0.3, -0.25) is 19.2 Å². The lowest BCUT2D eigenvalue weighted by Crippen LogP contribution is -2.56. The van der Waals surface area contributed by atoms with Crippen LogP contribution in [0.25, 0.3) is 0 Å². The van der Waals surface area contributed by atoms with Gasteiger partial charge in [-0.2, -0.15) is 0 Å². The molecule has 48 heavy (non-hydrogen) atoms. The molecule has 1 aliphatic rings. The van der Waals surface area contributed by atoms with Crippen LogP contribution in [0.2, 0.25) is 0 Å². The van der Waals surface area contributed by atoms with Crippen molar-refractivity contribution in [2.75, 3.05) is 0 Å². The monoisotopic (exact) mass is 644 g/mol. The van der Waals surface area contributed by atoms with Crippen molar-refractivity contribution in [3.63, 3.8) is 0 Å². The molecule has 0 bridgehead atoms. The minimum atomic E-state index is -0.922. The average molecular weight is 645 g/mol. The maximum absolute atomic E-state index is 13.9. The molecule has 4 aromatic carbocycles. The van der Waals surface area contributed by atoms with E-state index in [-0.39, 0.29) is 17.7 Å². The van der Waals surface area contributed by atoms with Crippen LogP contribution >= 0.6 is 0 Å². The average Bonchev–Trinajstić information content (AvgIpc) is 3.57. The fourth-order valence-electron chi connectivity index (χ4n) is 6.07. The largest absolute Gasteiger partial charge is 0.350 e. The standard InChI is InChI=1S/C40H44N4O4/c1-28(42-38(46)34-25-32-19-11-12-20-33(32)26-34)37(45)43-36(24-22-30-15-7-3-8-16-30)40(48)44-35(23-21-29-13-5-2-6-14-29)39(47)41-27-31-17-9-4-10-18-31/h2-20,28,34-36H,21-27H2,1H3,(H,41,47)(H,42,46)(H,43,45)(H,44,48)/t28-,35-,36-/m0/s1. The molecule has 0 fully saturated rings.